The van der Waals surface area contributed by atoms with Crippen molar-refractivity contribution in [2.75, 3.05) is 19.7 Å². The molecule has 1 aliphatic carbocycles. The summed E-state index contributed by atoms with van der Waals surface area (Å²) in [5.41, 5.74) is 0.765. The van der Waals surface area contributed by atoms with Crippen LogP contribution < -0.4 is 0 Å². The highest BCUT2D eigenvalue weighted by molar-refractivity contribution is 9.10. The summed E-state index contributed by atoms with van der Waals surface area (Å²) >= 11 is 3.37. The van der Waals surface area contributed by atoms with E-state index in [1.54, 1.807) is 0 Å². The van der Waals surface area contributed by atoms with Gasteiger partial charge in [0.25, 0.3) is 0 Å². The van der Waals surface area contributed by atoms with Crippen molar-refractivity contribution >= 4 is 21.7 Å². The average molecular weight is 326 g/mol. The third-order valence-electron chi connectivity index (χ3n) is 3.77. The number of aliphatic hydroxyl groups excluding tert-OH is 1. The summed E-state index contributed by atoms with van der Waals surface area (Å²) in [6.07, 6.45) is 4.20. The van der Waals surface area contributed by atoms with Gasteiger partial charge in [-0.1, -0.05) is 34.5 Å². The Labute approximate surface area is 122 Å². The van der Waals surface area contributed by atoms with Crippen LogP contribution >= 0.6 is 15.9 Å². The third-order valence-corrected chi connectivity index (χ3v) is 4.30. The number of aliphatic hydroxyl groups is 1. The summed E-state index contributed by atoms with van der Waals surface area (Å²) in [6.45, 7) is 1.60. The van der Waals surface area contributed by atoms with Crippen molar-refractivity contribution in [2.45, 2.75) is 31.7 Å². The van der Waals surface area contributed by atoms with Gasteiger partial charge in [-0.15, -0.1) is 0 Å². The molecule has 0 saturated heterocycles. The van der Waals surface area contributed by atoms with Crippen molar-refractivity contribution in [1.29, 1.82) is 0 Å². The number of Topliss-reactive ketones (excluding diaryl/α,β-unsaturated/α-hetero) is 1. The predicted molar refractivity (Wildman–Crippen MR) is 79.4 cm³/mol. The number of hydrogen-bond acceptors (Lipinski definition) is 3. The zero-order chi connectivity index (χ0) is 13.7. The SMILES string of the molecule is O=C(CCN(CCO)C1CCC1)c1ccc(Br)cc1. The second-order valence-electron chi connectivity index (χ2n) is 5.02. The minimum absolute atomic E-state index is 0.170. The van der Waals surface area contributed by atoms with Gasteiger partial charge in [-0.25, -0.2) is 0 Å². The summed E-state index contributed by atoms with van der Waals surface area (Å²) < 4.78 is 0.987. The van der Waals surface area contributed by atoms with Crippen LogP contribution in [0.5, 0.6) is 0 Å². The molecule has 0 amide bonds. The van der Waals surface area contributed by atoms with Gasteiger partial charge in [-0.3, -0.25) is 9.69 Å². The highest BCUT2D eigenvalue weighted by Gasteiger charge is 2.24. The Balaban J connectivity index is 1.85. The molecule has 0 aliphatic heterocycles. The number of carbonyl (C=O) groups excluding carboxylic acids is 1. The van der Waals surface area contributed by atoms with E-state index in [4.69, 9.17) is 5.11 Å². The van der Waals surface area contributed by atoms with Gasteiger partial charge in [0.05, 0.1) is 6.61 Å². The first kappa shape index (κ1) is 14.7. The fourth-order valence-electron chi connectivity index (χ4n) is 2.38. The van der Waals surface area contributed by atoms with E-state index in [-0.39, 0.29) is 12.4 Å². The van der Waals surface area contributed by atoms with Crippen LogP contribution in [-0.2, 0) is 0 Å². The zero-order valence-electron chi connectivity index (χ0n) is 11.0. The molecule has 1 aliphatic rings. The summed E-state index contributed by atoms with van der Waals surface area (Å²) in [7, 11) is 0. The van der Waals surface area contributed by atoms with Gasteiger partial charge in [0.15, 0.2) is 5.78 Å². The minimum atomic E-state index is 0.170. The first-order chi connectivity index (χ1) is 9.20. The molecule has 0 radical (unpaired) electrons. The number of carbonyl (C=O) groups is 1. The second kappa shape index (κ2) is 7.17. The lowest BCUT2D eigenvalue weighted by atomic mass is 9.91. The molecule has 104 valence electrons. The smallest absolute Gasteiger partial charge is 0.164 e. The molecule has 3 nitrogen and oxygen atoms in total. The highest BCUT2D eigenvalue weighted by atomic mass is 79.9. The van der Waals surface area contributed by atoms with E-state index in [9.17, 15) is 4.79 Å². The van der Waals surface area contributed by atoms with E-state index in [0.29, 0.717) is 19.0 Å². The maximum atomic E-state index is 12.1. The second-order valence-corrected chi connectivity index (χ2v) is 5.94. The largest absolute Gasteiger partial charge is 0.395 e. The number of hydrogen-bond donors (Lipinski definition) is 1. The summed E-state index contributed by atoms with van der Waals surface area (Å²) in [4.78, 5) is 14.3. The Kier molecular flexibility index (Phi) is 5.55. The zero-order valence-corrected chi connectivity index (χ0v) is 12.6. The van der Waals surface area contributed by atoms with E-state index >= 15 is 0 Å². The molecule has 0 atom stereocenters. The summed E-state index contributed by atoms with van der Waals surface area (Å²) in [5, 5.41) is 9.09. The summed E-state index contributed by atoms with van der Waals surface area (Å²) in [6, 6.07) is 8.07. The van der Waals surface area contributed by atoms with Crippen LogP contribution in [0.3, 0.4) is 0 Å². The molecule has 4 heteroatoms. The van der Waals surface area contributed by atoms with Crippen LogP contribution in [0, 0.1) is 0 Å². The molecular weight excluding hydrogens is 306 g/mol. The number of benzene rings is 1. The van der Waals surface area contributed by atoms with Gasteiger partial charge >= 0.3 is 0 Å². The van der Waals surface area contributed by atoms with Crippen LogP contribution in [0.25, 0.3) is 0 Å². The Morgan fingerprint density at radius 3 is 2.47 bits per heavy atom. The van der Waals surface area contributed by atoms with Crippen molar-refractivity contribution in [3.63, 3.8) is 0 Å². The monoisotopic (exact) mass is 325 g/mol. The lowest BCUT2D eigenvalue weighted by molar-refractivity contribution is 0.0841. The molecule has 0 spiro atoms. The molecule has 19 heavy (non-hydrogen) atoms. The molecule has 0 aromatic heterocycles. The van der Waals surface area contributed by atoms with Crippen molar-refractivity contribution in [2.24, 2.45) is 0 Å². The van der Waals surface area contributed by atoms with Gasteiger partial charge in [-0.05, 0) is 25.0 Å². The predicted octanol–water partition coefficient (Wildman–Crippen LogP) is 2.87. The fourth-order valence-corrected chi connectivity index (χ4v) is 2.65. The van der Waals surface area contributed by atoms with E-state index in [0.717, 1.165) is 16.6 Å². The normalized spacial score (nSPS) is 15.5. The van der Waals surface area contributed by atoms with Gasteiger partial charge in [0, 0.05) is 35.6 Å². The van der Waals surface area contributed by atoms with Gasteiger partial charge in [-0.2, -0.15) is 0 Å². The van der Waals surface area contributed by atoms with Gasteiger partial charge in [0.1, 0.15) is 0 Å². The topological polar surface area (TPSA) is 40.5 Å². The summed E-state index contributed by atoms with van der Waals surface area (Å²) in [5.74, 6) is 0.176. The van der Waals surface area contributed by atoms with Crippen LogP contribution in [0.2, 0.25) is 0 Å². The van der Waals surface area contributed by atoms with E-state index < -0.39 is 0 Å². The Bertz CT molecular complexity index is 415. The molecule has 0 heterocycles. The van der Waals surface area contributed by atoms with Crippen LogP contribution in [0.1, 0.15) is 36.0 Å². The van der Waals surface area contributed by atoms with E-state index in [1.807, 2.05) is 24.3 Å². The quantitative estimate of drug-likeness (QED) is 0.784. The minimum Gasteiger partial charge on any atom is -0.395 e. The highest BCUT2D eigenvalue weighted by Crippen LogP contribution is 2.24. The standard InChI is InChI=1S/C15H20BrNO2/c16-13-6-4-12(5-7-13)15(19)8-9-17(10-11-18)14-2-1-3-14/h4-7,14,18H,1-3,8-11H2. The molecule has 2 rings (SSSR count). The maximum absolute atomic E-state index is 12.1. The molecular formula is C15H20BrNO2. The van der Waals surface area contributed by atoms with Crippen LogP contribution in [0.15, 0.2) is 28.7 Å². The third kappa shape index (κ3) is 4.13. The van der Waals surface area contributed by atoms with E-state index in [2.05, 4.69) is 20.8 Å². The van der Waals surface area contributed by atoms with Crippen molar-refractivity contribution in [3.8, 4) is 0 Å². The molecule has 0 bridgehead atoms. The number of halogens is 1. The lowest BCUT2D eigenvalue weighted by Crippen LogP contribution is -2.42. The maximum Gasteiger partial charge on any atom is 0.164 e. The molecule has 1 N–H and O–H groups in total. The van der Waals surface area contributed by atoms with Crippen LogP contribution in [0.4, 0.5) is 0 Å². The Hall–Kier alpha value is -0.710. The first-order valence-electron chi connectivity index (χ1n) is 6.84. The number of ketones is 1. The average Bonchev–Trinajstić information content (AvgIpc) is 2.34. The Morgan fingerprint density at radius 1 is 1.26 bits per heavy atom. The molecule has 1 saturated carbocycles. The molecule has 1 aromatic carbocycles. The number of nitrogens with zero attached hydrogens (tertiary/aromatic N) is 1. The fraction of sp³-hybridized carbons (Fsp3) is 0.533. The molecule has 1 fully saturated rings. The van der Waals surface area contributed by atoms with Crippen molar-refractivity contribution < 1.29 is 9.90 Å². The molecule has 1 aromatic rings. The van der Waals surface area contributed by atoms with Crippen molar-refractivity contribution in [3.05, 3.63) is 34.3 Å². The number of rotatable bonds is 7. The van der Waals surface area contributed by atoms with Crippen molar-refractivity contribution in [1.82, 2.24) is 4.90 Å². The Morgan fingerprint density at radius 2 is 1.95 bits per heavy atom. The van der Waals surface area contributed by atoms with E-state index in [1.165, 1.54) is 19.3 Å². The first-order valence-corrected chi connectivity index (χ1v) is 7.63. The van der Waals surface area contributed by atoms with Gasteiger partial charge < -0.3 is 5.11 Å². The van der Waals surface area contributed by atoms with Gasteiger partial charge in [0.2, 0.25) is 0 Å². The van der Waals surface area contributed by atoms with Crippen LogP contribution in [-0.4, -0.2) is 41.5 Å². The lowest BCUT2D eigenvalue weighted by Gasteiger charge is -2.37. The molecule has 0 unspecified atom stereocenters.